The van der Waals surface area contributed by atoms with Gasteiger partial charge in [-0.25, -0.2) is 0 Å². The maximum Gasteiger partial charge on any atom is 0.253 e. The van der Waals surface area contributed by atoms with E-state index in [0.29, 0.717) is 28.2 Å². The third-order valence-electron chi connectivity index (χ3n) is 4.55. The molecule has 1 saturated heterocycles. The maximum atomic E-state index is 12.8. The van der Waals surface area contributed by atoms with Crippen LogP contribution in [0.4, 0.5) is 5.69 Å². The van der Waals surface area contributed by atoms with Crippen molar-refractivity contribution in [2.45, 2.75) is 25.4 Å². The number of rotatable bonds is 5. The predicted octanol–water partition coefficient (Wildman–Crippen LogP) is 2.66. The highest BCUT2D eigenvalue weighted by molar-refractivity contribution is 7.99. The molecular formula is C19H25N5O2S. The van der Waals surface area contributed by atoms with Crippen LogP contribution in [-0.4, -0.2) is 50.3 Å². The molecule has 1 aromatic carbocycles. The molecule has 1 aliphatic heterocycles. The average molecular weight is 388 g/mol. The Morgan fingerprint density at radius 2 is 2.00 bits per heavy atom. The fourth-order valence-corrected chi connectivity index (χ4v) is 4.16. The second-order valence-corrected chi connectivity index (χ2v) is 8.24. The number of thioether (sulfide) groups is 1. The molecule has 0 radical (unpaired) electrons. The minimum absolute atomic E-state index is 0.0259. The smallest absolute Gasteiger partial charge is 0.253 e. The number of carbonyl (C=O) groups excluding carboxylic acids is 2. The average Bonchev–Trinajstić information content (AvgIpc) is 3.03. The van der Waals surface area contributed by atoms with E-state index in [0.717, 1.165) is 19.5 Å². The third-order valence-corrected chi connectivity index (χ3v) is 5.59. The van der Waals surface area contributed by atoms with Crippen LogP contribution < -0.4 is 5.32 Å². The first-order chi connectivity index (χ1) is 12.9. The summed E-state index contributed by atoms with van der Waals surface area (Å²) in [6, 6.07) is 7.14. The lowest BCUT2D eigenvalue weighted by molar-refractivity contribution is -0.113. The Kier molecular flexibility index (Phi) is 6.15. The zero-order valence-corrected chi connectivity index (χ0v) is 16.7. The lowest BCUT2D eigenvalue weighted by Crippen LogP contribution is -2.42. The van der Waals surface area contributed by atoms with E-state index in [-0.39, 0.29) is 17.6 Å². The highest BCUT2D eigenvalue weighted by Crippen LogP contribution is 2.23. The Morgan fingerprint density at radius 3 is 2.67 bits per heavy atom. The molecular weight excluding hydrogens is 362 g/mol. The molecule has 0 spiro atoms. The van der Waals surface area contributed by atoms with Crippen molar-refractivity contribution in [2.75, 3.05) is 24.2 Å². The number of aryl methyl sites for hydroxylation is 1. The molecule has 7 nitrogen and oxygen atoms in total. The van der Waals surface area contributed by atoms with Crippen LogP contribution in [0.2, 0.25) is 0 Å². The maximum absolute atomic E-state index is 12.8. The summed E-state index contributed by atoms with van der Waals surface area (Å²) in [6.07, 6.45) is 2.75. The Hall–Kier alpha value is -2.35. The van der Waals surface area contributed by atoms with Crippen molar-refractivity contribution in [1.82, 2.24) is 19.7 Å². The highest BCUT2D eigenvalue weighted by atomic mass is 32.2. The Bertz CT molecular complexity index is 812. The normalized spacial score (nSPS) is 19.7. The molecule has 2 amide bonds. The first-order valence-electron chi connectivity index (χ1n) is 9.08. The van der Waals surface area contributed by atoms with Crippen LogP contribution in [0.3, 0.4) is 0 Å². The molecule has 0 aliphatic carbocycles. The summed E-state index contributed by atoms with van der Waals surface area (Å²) in [7, 11) is 1.83. The van der Waals surface area contributed by atoms with Crippen molar-refractivity contribution in [2.24, 2.45) is 18.9 Å². The van der Waals surface area contributed by atoms with Crippen molar-refractivity contribution >= 4 is 29.3 Å². The fourth-order valence-electron chi connectivity index (χ4n) is 3.47. The molecule has 1 fully saturated rings. The topological polar surface area (TPSA) is 80.1 Å². The van der Waals surface area contributed by atoms with Crippen LogP contribution >= 0.6 is 11.8 Å². The number of hydrogen-bond donors (Lipinski definition) is 1. The van der Waals surface area contributed by atoms with E-state index in [2.05, 4.69) is 29.4 Å². The van der Waals surface area contributed by atoms with Gasteiger partial charge in [0.15, 0.2) is 5.16 Å². The SMILES string of the molecule is CC1CC(C)CN(C(=O)c2cccc(NC(=O)CSc3nncn3C)c2)C1. The monoisotopic (exact) mass is 387 g/mol. The van der Waals surface area contributed by atoms with Gasteiger partial charge < -0.3 is 14.8 Å². The first kappa shape index (κ1) is 19.4. The van der Waals surface area contributed by atoms with E-state index in [1.807, 2.05) is 11.9 Å². The van der Waals surface area contributed by atoms with Crippen LogP contribution in [0.1, 0.15) is 30.6 Å². The van der Waals surface area contributed by atoms with Gasteiger partial charge in [0, 0.05) is 31.4 Å². The van der Waals surface area contributed by atoms with E-state index in [1.165, 1.54) is 11.8 Å². The molecule has 1 N–H and O–H groups in total. The van der Waals surface area contributed by atoms with Gasteiger partial charge in [-0.15, -0.1) is 10.2 Å². The number of carbonyl (C=O) groups is 2. The van der Waals surface area contributed by atoms with Crippen molar-refractivity contribution in [3.8, 4) is 0 Å². The summed E-state index contributed by atoms with van der Waals surface area (Å²) >= 11 is 1.32. The Balaban J connectivity index is 1.60. The van der Waals surface area contributed by atoms with Gasteiger partial charge in [-0.1, -0.05) is 31.7 Å². The number of benzene rings is 1. The third kappa shape index (κ3) is 5.09. The summed E-state index contributed by atoms with van der Waals surface area (Å²) in [4.78, 5) is 27.0. The first-order valence-corrected chi connectivity index (χ1v) is 10.1. The van der Waals surface area contributed by atoms with E-state index >= 15 is 0 Å². The molecule has 27 heavy (non-hydrogen) atoms. The van der Waals surface area contributed by atoms with Crippen LogP contribution in [0.5, 0.6) is 0 Å². The molecule has 0 saturated carbocycles. The molecule has 8 heteroatoms. The Morgan fingerprint density at radius 1 is 1.26 bits per heavy atom. The van der Waals surface area contributed by atoms with Gasteiger partial charge in [-0.3, -0.25) is 9.59 Å². The van der Waals surface area contributed by atoms with Crippen molar-refractivity contribution < 1.29 is 9.59 Å². The van der Waals surface area contributed by atoms with E-state index in [1.54, 1.807) is 35.2 Å². The van der Waals surface area contributed by atoms with Gasteiger partial charge in [-0.2, -0.15) is 0 Å². The number of piperidine rings is 1. The van der Waals surface area contributed by atoms with Crippen LogP contribution in [0.15, 0.2) is 35.7 Å². The quantitative estimate of drug-likeness (QED) is 0.798. The van der Waals surface area contributed by atoms with Gasteiger partial charge in [0.05, 0.1) is 5.75 Å². The number of hydrogen-bond acceptors (Lipinski definition) is 5. The Labute approximate surface area is 163 Å². The molecule has 2 aromatic rings. The van der Waals surface area contributed by atoms with E-state index in [4.69, 9.17) is 0 Å². The van der Waals surface area contributed by atoms with Gasteiger partial charge in [0.1, 0.15) is 6.33 Å². The van der Waals surface area contributed by atoms with E-state index < -0.39 is 0 Å². The van der Waals surface area contributed by atoms with Crippen molar-refractivity contribution in [3.63, 3.8) is 0 Å². The molecule has 0 bridgehead atoms. The minimum Gasteiger partial charge on any atom is -0.338 e. The molecule has 2 atom stereocenters. The fraction of sp³-hybridized carbons (Fsp3) is 0.474. The van der Waals surface area contributed by atoms with Crippen LogP contribution in [0.25, 0.3) is 0 Å². The number of amides is 2. The van der Waals surface area contributed by atoms with Crippen molar-refractivity contribution in [3.05, 3.63) is 36.2 Å². The van der Waals surface area contributed by atoms with Gasteiger partial charge in [0.2, 0.25) is 5.91 Å². The highest BCUT2D eigenvalue weighted by Gasteiger charge is 2.26. The summed E-state index contributed by atoms with van der Waals surface area (Å²) in [5, 5.41) is 11.3. The number of likely N-dealkylation sites (tertiary alicyclic amines) is 1. The number of nitrogens with one attached hydrogen (secondary N) is 1. The molecule has 1 aromatic heterocycles. The molecule has 2 unspecified atom stereocenters. The molecule has 1 aliphatic rings. The zero-order valence-electron chi connectivity index (χ0n) is 15.9. The van der Waals surface area contributed by atoms with Gasteiger partial charge >= 0.3 is 0 Å². The number of aromatic nitrogens is 3. The lowest BCUT2D eigenvalue weighted by Gasteiger charge is -2.35. The predicted molar refractivity (Wildman–Crippen MR) is 106 cm³/mol. The van der Waals surface area contributed by atoms with Crippen LogP contribution in [0, 0.1) is 11.8 Å². The molecule has 144 valence electrons. The lowest BCUT2D eigenvalue weighted by atomic mass is 9.91. The minimum atomic E-state index is -0.146. The van der Waals surface area contributed by atoms with Crippen molar-refractivity contribution in [1.29, 1.82) is 0 Å². The van der Waals surface area contributed by atoms with Crippen LogP contribution in [-0.2, 0) is 11.8 Å². The summed E-state index contributed by atoms with van der Waals surface area (Å²) < 4.78 is 1.76. The summed E-state index contributed by atoms with van der Waals surface area (Å²) in [5.41, 5.74) is 1.23. The number of anilines is 1. The molecule has 2 heterocycles. The van der Waals surface area contributed by atoms with Gasteiger partial charge in [0.25, 0.3) is 5.91 Å². The summed E-state index contributed by atoms with van der Waals surface area (Å²) in [6.45, 7) is 5.94. The largest absolute Gasteiger partial charge is 0.338 e. The second kappa shape index (κ2) is 8.56. The van der Waals surface area contributed by atoms with E-state index in [9.17, 15) is 9.59 Å². The summed E-state index contributed by atoms with van der Waals surface area (Å²) in [5.74, 6) is 1.13. The zero-order chi connectivity index (χ0) is 19.4. The second-order valence-electron chi connectivity index (χ2n) is 7.30. The van der Waals surface area contributed by atoms with Gasteiger partial charge in [-0.05, 0) is 36.5 Å². The number of nitrogens with zero attached hydrogens (tertiary/aromatic N) is 4. The molecule has 3 rings (SSSR count). The standard InChI is InChI=1S/C19H25N5O2S/c1-13-7-14(2)10-24(9-13)18(26)15-5-4-6-16(8-15)21-17(25)11-27-19-22-20-12-23(19)3/h4-6,8,12-14H,7,9-11H2,1-3H3,(H,21,25).